The van der Waals surface area contributed by atoms with Gasteiger partial charge in [-0.15, -0.1) is 0 Å². The summed E-state index contributed by atoms with van der Waals surface area (Å²) in [5, 5.41) is 10.6. The molecule has 1 fully saturated rings. The van der Waals surface area contributed by atoms with E-state index < -0.39 is 26.8 Å². The maximum Gasteiger partial charge on any atom is 0.300 e. The molecule has 10 heteroatoms. The molecule has 1 aliphatic heterocycles. The maximum atomic E-state index is 10.5. The van der Waals surface area contributed by atoms with Crippen LogP contribution < -0.4 is 10.5 Å². The highest BCUT2D eigenvalue weighted by Crippen LogP contribution is 2.39. The number of hydrogen-bond donors (Lipinski definition) is 2. The highest BCUT2D eigenvalue weighted by Gasteiger charge is 2.42. The largest absolute Gasteiger partial charge is 0.468 e. The highest BCUT2D eigenvalue weighted by atomic mass is 28.4. The van der Waals surface area contributed by atoms with Crippen LogP contribution >= 0.6 is 0 Å². The molecular formula is C17H29N5O4Si. The molecule has 0 unspecified atom stereocenters. The van der Waals surface area contributed by atoms with E-state index in [0.717, 1.165) is 0 Å². The average molecular weight is 396 g/mol. The quantitative estimate of drug-likeness (QED) is 0.739. The summed E-state index contributed by atoms with van der Waals surface area (Å²) < 4.78 is 19.4. The first-order valence-corrected chi connectivity index (χ1v) is 12.0. The minimum absolute atomic E-state index is 0.0914. The lowest BCUT2D eigenvalue weighted by Crippen LogP contribution is -2.43. The zero-order chi connectivity index (χ0) is 20.0. The van der Waals surface area contributed by atoms with Gasteiger partial charge in [0.1, 0.15) is 18.7 Å². The number of aliphatic hydroxyl groups is 1. The number of nitrogen functional groups attached to an aromatic ring is 1. The van der Waals surface area contributed by atoms with E-state index in [0.29, 0.717) is 30.2 Å². The van der Waals surface area contributed by atoms with Crippen LogP contribution in [0.4, 0.5) is 5.82 Å². The normalized spacial score (nSPS) is 23.9. The van der Waals surface area contributed by atoms with Crippen molar-refractivity contribution in [3.05, 3.63) is 6.33 Å². The fraction of sp³-hybridized carbons (Fsp3) is 0.706. The molecule has 0 aliphatic carbocycles. The Labute approximate surface area is 160 Å². The van der Waals surface area contributed by atoms with Crippen molar-refractivity contribution in [3.63, 3.8) is 0 Å². The lowest BCUT2D eigenvalue weighted by Gasteiger charge is -2.37. The Bertz CT molecular complexity index is 819. The number of aromatic nitrogens is 4. The Balaban J connectivity index is 1.81. The molecule has 0 aromatic carbocycles. The fourth-order valence-electron chi connectivity index (χ4n) is 2.84. The van der Waals surface area contributed by atoms with Crippen LogP contribution in [0, 0.1) is 0 Å². The minimum atomic E-state index is -1.93. The van der Waals surface area contributed by atoms with Gasteiger partial charge >= 0.3 is 6.01 Å². The number of hydrogen-bond acceptors (Lipinski definition) is 8. The van der Waals surface area contributed by atoms with Crippen molar-refractivity contribution < 1.29 is 19.0 Å². The standard InChI is InChI=1S/C17H29N5O4Si/c1-17(2,3)27(5,6)25-8-11-10(23)7-12(26-11)22-15-13(21-16(22)24-4)14(18)19-9-20-15/h9-12,23H,7-8H2,1-6H3,(H2,18,19,20)/t10-,11+,12+/m0/s1. The van der Waals surface area contributed by atoms with Gasteiger partial charge in [0.05, 0.1) is 19.8 Å². The number of nitrogens with two attached hydrogens (primary N) is 1. The molecule has 0 amide bonds. The molecule has 3 N–H and O–H groups in total. The van der Waals surface area contributed by atoms with Crippen molar-refractivity contribution >= 4 is 25.3 Å². The van der Waals surface area contributed by atoms with Crippen LogP contribution in [0.3, 0.4) is 0 Å². The molecule has 1 saturated heterocycles. The number of imidazole rings is 1. The van der Waals surface area contributed by atoms with Gasteiger partial charge < -0.3 is 24.7 Å². The lowest BCUT2D eigenvalue weighted by molar-refractivity contribution is -0.0424. The van der Waals surface area contributed by atoms with Crippen molar-refractivity contribution in [2.24, 2.45) is 0 Å². The van der Waals surface area contributed by atoms with Gasteiger partial charge in [0.25, 0.3) is 0 Å². The molecule has 2 aromatic heterocycles. The molecule has 0 bridgehead atoms. The molecule has 27 heavy (non-hydrogen) atoms. The number of nitrogens with zero attached hydrogens (tertiary/aromatic N) is 4. The summed E-state index contributed by atoms with van der Waals surface area (Å²) in [6, 6.07) is 0.320. The Hall–Kier alpha value is -1.75. The number of fused-ring (bicyclic) bond motifs is 1. The molecule has 0 saturated carbocycles. The number of aliphatic hydroxyl groups excluding tert-OH is 1. The van der Waals surface area contributed by atoms with Crippen LogP contribution in [0.15, 0.2) is 6.33 Å². The number of rotatable bonds is 5. The van der Waals surface area contributed by atoms with Gasteiger partial charge in [-0.3, -0.25) is 4.57 Å². The van der Waals surface area contributed by atoms with Crippen LogP contribution in [0.1, 0.15) is 33.4 Å². The number of anilines is 1. The molecule has 3 atom stereocenters. The van der Waals surface area contributed by atoms with Crippen molar-refractivity contribution in [1.82, 2.24) is 19.5 Å². The Morgan fingerprint density at radius 3 is 2.70 bits per heavy atom. The van der Waals surface area contributed by atoms with E-state index in [-0.39, 0.29) is 10.9 Å². The van der Waals surface area contributed by atoms with E-state index in [1.54, 1.807) is 4.57 Å². The highest BCUT2D eigenvalue weighted by molar-refractivity contribution is 6.74. The third-order valence-electron chi connectivity index (χ3n) is 5.56. The Kier molecular flexibility index (Phi) is 5.19. The van der Waals surface area contributed by atoms with E-state index in [2.05, 4.69) is 48.8 Å². The van der Waals surface area contributed by atoms with Gasteiger partial charge in [-0.05, 0) is 18.1 Å². The molecule has 3 heterocycles. The van der Waals surface area contributed by atoms with E-state index in [1.807, 2.05) is 0 Å². The van der Waals surface area contributed by atoms with Gasteiger partial charge in [0.2, 0.25) is 0 Å². The Morgan fingerprint density at radius 1 is 1.37 bits per heavy atom. The van der Waals surface area contributed by atoms with E-state index in [9.17, 15) is 5.11 Å². The van der Waals surface area contributed by atoms with Crippen LogP contribution in [-0.2, 0) is 9.16 Å². The summed E-state index contributed by atoms with van der Waals surface area (Å²) in [5.41, 5.74) is 6.86. The molecular weight excluding hydrogens is 366 g/mol. The zero-order valence-corrected chi connectivity index (χ0v) is 17.8. The summed E-state index contributed by atoms with van der Waals surface area (Å²) in [4.78, 5) is 12.6. The minimum Gasteiger partial charge on any atom is -0.468 e. The van der Waals surface area contributed by atoms with Crippen molar-refractivity contribution in [3.8, 4) is 6.01 Å². The lowest BCUT2D eigenvalue weighted by atomic mass is 10.2. The van der Waals surface area contributed by atoms with Crippen molar-refractivity contribution in [2.75, 3.05) is 19.5 Å². The van der Waals surface area contributed by atoms with Gasteiger partial charge in [-0.2, -0.15) is 4.98 Å². The van der Waals surface area contributed by atoms with E-state index >= 15 is 0 Å². The third-order valence-corrected chi connectivity index (χ3v) is 10.1. The molecule has 0 radical (unpaired) electrons. The smallest absolute Gasteiger partial charge is 0.300 e. The molecule has 1 aliphatic rings. The first kappa shape index (κ1) is 20.0. The van der Waals surface area contributed by atoms with Crippen LogP contribution in [0.2, 0.25) is 18.1 Å². The predicted octanol–water partition coefficient (Wildman–Crippen LogP) is 2.09. The maximum absolute atomic E-state index is 10.5. The van der Waals surface area contributed by atoms with Gasteiger partial charge in [-0.25, -0.2) is 9.97 Å². The summed E-state index contributed by atoms with van der Waals surface area (Å²) >= 11 is 0. The first-order valence-electron chi connectivity index (χ1n) is 9.05. The van der Waals surface area contributed by atoms with Crippen LogP contribution in [0.25, 0.3) is 11.2 Å². The molecule has 2 aromatic rings. The van der Waals surface area contributed by atoms with Gasteiger partial charge in [0.15, 0.2) is 25.3 Å². The molecule has 150 valence electrons. The summed E-state index contributed by atoms with van der Waals surface area (Å²) in [5.74, 6) is 0.272. The SMILES string of the molecule is COc1nc2c(N)ncnc2n1[C@H]1C[C@H](O)[C@@H](CO[Si](C)(C)C(C)(C)C)O1. The second kappa shape index (κ2) is 7.01. The second-order valence-electron chi connectivity index (χ2n) is 8.40. The molecule has 3 rings (SSSR count). The van der Waals surface area contributed by atoms with Gasteiger partial charge in [-0.1, -0.05) is 20.8 Å². The number of ether oxygens (including phenoxy) is 2. The Morgan fingerprint density at radius 2 is 2.07 bits per heavy atom. The summed E-state index contributed by atoms with van der Waals surface area (Å²) in [6.07, 6.45) is 0.213. The first-order chi connectivity index (χ1) is 12.5. The third kappa shape index (κ3) is 3.66. The zero-order valence-electron chi connectivity index (χ0n) is 16.8. The van der Waals surface area contributed by atoms with Crippen molar-refractivity contribution in [1.29, 1.82) is 0 Å². The average Bonchev–Trinajstić information content (AvgIpc) is 3.13. The summed E-state index contributed by atoms with van der Waals surface area (Å²) in [7, 11) is -0.413. The van der Waals surface area contributed by atoms with E-state index in [4.69, 9.17) is 19.6 Å². The molecule has 9 nitrogen and oxygen atoms in total. The van der Waals surface area contributed by atoms with Gasteiger partial charge in [0, 0.05) is 6.42 Å². The molecule has 0 spiro atoms. The monoisotopic (exact) mass is 395 g/mol. The topological polar surface area (TPSA) is 118 Å². The van der Waals surface area contributed by atoms with Crippen LogP contribution in [0.5, 0.6) is 6.01 Å². The van der Waals surface area contributed by atoms with Crippen molar-refractivity contribution in [2.45, 2.75) is 63.8 Å². The van der Waals surface area contributed by atoms with E-state index in [1.165, 1.54) is 13.4 Å². The summed E-state index contributed by atoms with van der Waals surface area (Å²) in [6.45, 7) is 11.2. The number of methoxy groups -OCH3 is 1. The predicted molar refractivity (Wildman–Crippen MR) is 104 cm³/mol. The second-order valence-corrected chi connectivity index (χ2v) is 13.2. The fourth-order valence-corrected chi connectivity index (χ4v) is 3.85. The van der Waals surface area contributed by atoms with Crippen LogP contribution in [-0.4, -0.2) is 58.9 Å².